The lowest BCUT2D eigenvalue weighted by Crippen LogP contribution is -2.08. The number of hydrogen-bond acceptors (Lipinski definition) is 2. The van der Waals surface area contributed by atoms with Crippen LogP contribution in [0.2, 0.25) is 5.02 Å². The van der Waals surface area contributed by atoms with Gasteiger partial charge in [0.25, 0.3) is 0 Å². The van der Waals surface area contributed by atoms with E-state index in [1.165, 1.54) is 29.5 Å². The molecule has 0 saturated carbocycles. The highest BCUT2D eigenvalue weighted by molar-refractivity contribution is 7.98. The molecule has 2 nitrogen and oxygen atoms in total. The summed E-state index contributed by atoms with van der Waals surface area (Å²) in [6, 6.07) is 14.5. The monoisotopic (exact) mass is 314 g/mol. The first-order valence-corrected chi connectivity index (χ1v) is 8.53. The summed E-state index contributed by atoms with van der Waals surface area (Å²) in [6.07, 6.45) is 2.37. The quantitative estimate of drug-likeness (QED) is 0.638. The molecule has 0 radical (unpaired) electrons. The normalized spacial score (nSPS) is 13.8. The molecule has 4 rings (SSSR count). The SMILES string of the molecule is Clc1cccc(CSc2nc3cccc4c3n2CCC4)c1. The highest BCUT2D eigenvalue weighted by Gasteiger charge is 2.17. The van der Waals surface area contributed by atoms with Crippen LogP contribution in [0.4, 0.5) is 0 Å². The molecule has 106 valence electrons. The average molecular weight is 315 g/mol. The molecule has 2 heterocycles. The summed E-state index contributed by atoms with van der Waals surface area (Å²) in [7, 11) is 0. The molecular formula is C17H15ClN2S. The topological polar surface area (TPSA) is 17.8 Å². The van der Waals surface area contributed by atoms with Gasteiger partial charge in [0.15, 0.2) is 5.16 Å². The smallest absolute Gasteiger partial charge is 0.169 e. The maximum atomic E-state index is 6.05. The number of thioether (sulfide) groups is 1. The summed E-state index contributed by atoms with van der Waals surface area (Å²) in [5.74, 6) is 0.902. The van der Waals surface area contributed by atoms with Gasteiger partial charge in [0.1, 0.15) is 0 Å². The first-order valence-electron chi connectivity index (χ1n) is 7.16. The molecule has 0 amide bonds. The number of benzene rings is 2. The molecule has 1 aliphatic rings. The summed E-state index contributed by atoms with van der Waals surface area (Å²) in [5.41, 5.74) is 5.13. The van der Waals surface area contributed by atoms with E-state index in [4.69, 9.17) is 16.6 Å². The molecule has 21 heavy (non-hydrogen) atoms. The molecular weight excluding hydrogens is 300 g/mol. The molecule has 3 aromatic rings. The molecule has 4 heteroatoms. The number of imidazole rings is 1. The predicted octanol–water partition coefficient (Wildman–Crippen LogP) is 4.93. The number of aryl methyl sites for hydroxylation is 2. The molecule has 0 atom stereocenters. The zero-order chi connectivity index (χ0) is 14.2. The van der Waals surface area contributed by atoms with Crippen LogP contribution in [0.3, 0.4) is 0 Å². The van der Waals surface area contributed by atoms with Crippen molar-refractivity contribution >= 4 is 34.4 Å². The number of para-hydroxylation sites is 1. The summed E-state index contributed by atoms with van der Waals surface area (Å²) in [6.45, 7) is 1.07. The van der Waals surface area contributed by atoms with E-state index in [-0.39, 0.29) is 0 Å². The predicted molar refractivity (Wildman–Crippen MR) is 89.1 cm³/mol. The van der Waals surface area contributed by atoms with Gasteiger partial charge >= 0.3 is 0 Å². The minimum atomic E-state index is 0.796. The third-order valence-corrected chi connectivity index (χ3v) is 5.18. The van der Waals surface area contributed by atoms with E-state index in [0.717, 1.165) is 28.0 Å². The highest BCUT2D eigenvalue weighted by atomic mass is 35.5. The average Bonchev–Trinajstić information content (AvgIpc) is 2.86. The Labute approximate surface area is 133 Å². The van der Waals surface area contributed by atoms with Gasteiger partial charge in [-0.05, 0) is 42.2 Å². The second-order valence-electron chi connectivity index (χ2n) is 5.35. The van der Waals surface area contributed by atoms with Crippen molar-refractivity contribution in [2.24, 2.45) is 0 Å². The van der Waals surface area contributed by atoms with E-state index in [1.807, 2.05) is 18.2 Å². The molecule has 0 saturated heterocycles. The molecule has 0 bridgehead atoms. The fourth-order valence-corrected chi connectivity index (χ4v) is 4.15. The number of nitrogens with zero attached hydrogens (tertiary/aromatic N) is 2. The number of hydrogen-bond donors (Lipinski definition) is 0. The number of rotatable bonds is 3. The second-order valence-corrected chi connectivity index (χ2v) is 6.73. The van der Waals surface area contributed by atoms with Crippen LogP contribution < -0.4 is 0 Å². The Morgan fingerprint density at radius 1 is 1.19 bits per heavy atom. The molecule has 0 aliphatic carbocycles. The summed E-state index contributed by atoms with van der Waals surface area (Å²) < 4.78 is 2.38. The minimum absolute atomic E-state index is 0.796. The van der Waals surface area contributed by atoms with Crippen molar-refractivity contribution in [3.8, 4) is 0 Å². The summed E-state index contributed by atoms with van der Waals surface area (Å²) in [5, 5.41) is 1.92. The van der Waals surface area contributed by atoms with E-state index in [1.54, 1.807) is 11.8 Å². The van der Waals surface area contributed by atoms with Gasteiger partial charge in [-0.2, -0.15) is 0 Å². The van der Waals surface area contributed by atoms with E-state index >= 15 is 0 Å². The molecule has 0 unspecified atom stereocenters. The van der Waals surface area contributed by atoms with Crippen LogP contribution in [0.15, 0.2) is 47.6 Å². The van der Waals surface area contributed by atoms with Crippen molar-refractivity contribution in [2.45, 2.75) is 30.3 Å². The minimum Gasteiger partial charge on any atom is -0.319 e. The Kier molecular flexibility index (Phi) is 3.40. The van der Waals surface area contributed by atoms with E-state index in [2.05, 4.69) is 28.8 Å². The molecule has 1 aromatic heterocycles. The summed E-state index contributed by atoms with van der Waals surface area (Å²) in [4.78, 5) is 4.81. The van der Waals surface area contributed by atoms with Crippen molar-refractivity contribution < 1.29 is 0 Å². The van der Waals surface area contributed by atoms with Crippen LogP contribution in [0.1, 0.15) is 17.5 Å². The molecule has 0 N–H and O–H groups in total. The first kappa shape index (κ1) is 13.2. The van der Waals surface area contributed by atoms with E-state index in [9.17, 15) is 0 Å². The van der Waals surface area contributed by atoms with Crippen molar-refractivity contribution in [2.75, 3.05) is 0 Å². The third-order valence-electron chi connectivity index (χ3n) is 3.90. The van der Waals surface area contributed by atoms with Crippen LogP contribution in [0, 0.1) is 0 Å². The van der Waals surface area contributed by atoms with Gasteiger partial charge in [0, 0.05) is 17.3 Å². The fraction of sp³-hybridized carbons (Fsp3) is 0.235. The Morgan fingerprint density at radius 2 is 2.10 bits per heavy atom. The van der Waals surface area contributed by atoms with Gasteiger partial charge < -0.3 is 4.57 Å². The van der Waals surface area contributed by atoms with Crippen LogP contribution in [-0.4, -0.2) is 9.55 Å². The van der Waals surface area contributed by atoms with Gasteiger partial charge in [-0.15, -0.1) is 0 Å². The number of halogens is 1. The third kappa shape index (κ3) is 2.45. The molecule has 0 fully saturated rings. The Hall–Kier alpha value is -1.45. The van der Waals surface area contributed by atoms with E-state index in [0.29, 0.717) is 0 Å². The van der Waals surface area contributed by atoms with Crippen LogP contribution in [0.25, 0.3) is 11.0 Å². The molecule has 2 aromatic carbocycles. The van der Waals surface area contributed by atoms with Crippen molar-refractivity contribution in [3.05, 3.63) is 58.6 Å². The largest absolute Gasteiger partial charge is 0.319 e. The maximum Gasteiger partial charge on any atom is 0.169 e. The molecule has 0 spiro atoms. The van der Waals surface area contributed by atoms with Crippen molar-refractivity contribution in [1.29, 1.82) is 0 Å². The van der Waals surface area contributed by atoms with Crippen LogP contribution in [-0.2, 0) is 18.7 Å². The Balaban J connectivity index is 1.67. The fourth-order valence-electron chi connectivity index (χ4n) is 2.96. The Bertz CT molecular complexity index is 810. The van der Waals surface area contributed by atoms with Crippen LogP contribution in [0.5, 0.6) is 0 Å². The lowest BCUT2D eigenvalue weighted by atomic mass is 10.1. The standard InChI is InChI=1S/C17H15ClN2S/c18-14-7-1-4-12(10-14)11-21-17-19-15-8-2-5-13-6-3-9-20(17)16(13)15/h1-2,4-5,7-8,10H,3,6,9,11H2. The zero-order valence-corrected chi connectivity index (χ0v) is 13.1. The second kappa shape index (κ2) is 5.39. The molecule has 1 aliphatic heterocycles. The van der Waals surface area contributed by atoms with Crippen LogP contribution >= 0.6 is 23.4 Å². The summed E-state index contributed by atoms with van der Waals surface area (Å²) >= 11 is 7.84. The van der Waals surface area contributed by atoms with Gasteiger partial charge in [0.2, 0.25) is 0 Å². The first-order chi connectivity index (χ1) is 10.3. The van der Waals surface area contributed by atoms with Gasteiger partial charge in [-0.3, -0.25) is 0 Å². The van der Waals surface area contributed by atoms with Crippen molar-refractivity contribution in [1.82, 2.24) is 9.55 Å². The highest BCUT2D eigenvalue weighted by Crippen LogP contribution is 2.32. The zero-order valence-electron chi connectivity index (χ0n) is 11.6. The number of aromatic nitrogens is 2. The lowest BCUT2D eigenvalue weighted by Gasteiger charge is -2.16. The maximum absolute atomic E-state index is 6.05. The lowest BCUT2D eigenvalue weighted by molar-refractivity contribution is 0.588. The van der Waals surface area contributed by atoms with Crippen molar-refractivity contribution in [3.63, 3.8) is 0 Å². The van der Waals surface area contributed by atoms with Gasteiger partial charge in [-0.25, -0.2) is 4.98 Å². The Morgan fingerprint density at radius 3 is 3.00 bits per heavy atom. The van der Waals surface area contributed by atoms with Gasteiger partial charge in [-0.1, -0.05) is 47.6 Å². The van der Waals surface area contributed by atoms with E-state index < -0.39 is 0 Å². The van der Waals surface area contributed by atoms with Gasteiger partial charge in [0.05, 0.1) is 11.0 Å².